The number of aromatic nitrogens is 2. The number of halogens is 4. The molecule has 0 spiro atoms. The van der Waals surface area contributed by atoms with Gasteiger partial charge in [-0.15, -0.1) is 0 Å². The first kappa shape index (κ1) is 26.8. The molecule has 2 rings (SSSR count). The molecule has 182 valence electrons. The van der Waals surface area contributed by atoms with E-state index in [0.717, 1.165) is 24.4 Å². The molecule has 0 aliphatic heterocycles. The Hall–Kier alpha value is -4.44. The van der Waals surface area contributed by atoms with Crippen molar-refractivity contribution < 1.29 is 22.7 Å². The number of hydrogen-bond acceptors (Lipinski definition) is 8. The predicted molar refractivity (Wildman–Crippen MR) is 121 cm³/mol. The van der Waals surface area contributed by atoms with Crippen LogP contribution in [0.25, 0.3) is 0 Å². The lowest BCUT2D eigenvalue weighted by Gasteiger charge is -2.15. The van der Waals surface area contributed by atoms with E-state index in [0.29, 0.717) is 10.9 Å². The van der Waals surface area contributed by atoms with Crippen LogP contribution in [0.3, 0.4) is 0 Å². The van der Waals surface area contributed by atoms with Crippen molar-refractivity contribution in [1.82, 2.24) is 9.55 Å². The molecule has 0 unspecified atom stereocenters. The molecular weight excluding hydrogens is 491 g/mol. The van der Waals surface area contributed by atoms with Gasteiger partial charge in [-0.2, -0.15) is 18.4 Å². The van der Waals surface area contributed by atoms with Gasteiger partial charge < -0.3 is 21.6 Å². The molecule has 35 heavy (non-hydrogen) atoms. The lowest BCUT2D eigenvalue weighted by molar-refractivity contribution is -0.142. The van der Waals surface area contributed by atoms with Gasteiger partial charge in [0, 0.05) is 41.3 Å². The highest BCUT2D eigenvalue weighted by molar-refractivity contribution is 6.30. The fourth-order valence-electron chi connectivity index (χ4n) is 2.66. The molecule has 1 heterocycles. The van der Waals surface area contributed by atoms with Crippen LogP contribution < -0.4 is 21.8 Å². The third kappa shape index (κ3) is 6.78. The number of aliphatic imine (C=N–C) groups is 1. The lowest BCUT2D eigenvalue weighted by Crippen LogP contribution is -2.29. The quantitative estimate of drug-likeness (QED) is 0.281. The molecule has 1 amide bonds. The Kier molecular flexibility index (Phi) is 8.52. The van der Waals surface area contributed by atoms with E-state index in [4.69, 9.17) is 38.5 Å². The number of hydrogen-bond donors (Lipinski definition) is 3. The summed E-state index contributed by atoms with van der Waals surface area (Å²) in [5, 5.41) is 16.4. The fraction of sp³-hybridized carbons (Fsp3) is 0.143. The van der Waals surface area contributed by atoms with Crippen molar-refractivity contribution in [2.45, 2.75) is 12.7 Å². The molecule has 0 radical (unpaired) electrons. The molecule has 0 aliphatic rings. The summed E-state index contributed by atoms with van der Waals surface area (Å²) in [7, 11) is 1.42. The number of benzene rings is 1. The topological polar surface area (TPSA) is 173 Å². The van der Waals surface area contributed by atoms with E-state index in [-0.39, 0.29) is 33.2 Å². The number of carbonyl (C=O) groups is 1. The van der Waals surface area contributed by atoms with Crippen LogP contribution in [0.5, 0.6) is 11.5 Å². The molecule has 0 saturated carbocycles. The number of allylic oxidation sites excluding steroid dienone is 2. The first-order valence-electron chi connectivity index (χ1n) is 9.39. The molecule has 0 aliphatic carbocycles. The van der Waals surface area contributed by atoms with E-state index >= 15 is 0 Å². The highest BCUT2D eigenvalue weighted by Crippen LogP contribution is 2.35. The summed E-state index contributed by atoms with van der Waals surface area (Å²) in [6, 6.07) is 5.19. The maximum Gasteiger partial charge on any atom is 0.437 e. The predicted octanol–water partition coefficient (Wildman–Crippen LogP) is 2.55. The van der Waals surface area contributed by atoms with Gasteiger partial charge >= 0.3 is 6.18 Å². The molecule has 5 N–H and O–H groups in total. The molecule has 0 fully saturated rings. The van der Waals surface area contributed by atoms with Crippen molar-refractivity contribution in [2.24, 2.45) is 16.5 Å². The van der Waals surface area contributed by atoms with Crippen LogP contribution >= 0.6 is 11.6 Å². The standard InChI is InChI=1S/C21H17ClF3N7O3/c1-30-8-13(7-27)16(28)4-12(19(29)33)9-32-10-31-18(21(23,24)25)17(20(32)34)35-15-3-11(6-26)2-14(22)5-15/h2-5,7-8,10,27H,9,28H2,1H3,(H2,29,33)/b12-4-,16-13?,27-7?,30-8?. The van der Waals surface area contributed by atoms with Crippen LogP contribution in [0.4, 0.5) is 13.2 Å². The van der Waals surface area contributed by atoms with Crippen LogP contribution in [-0.2, 0) is 17.5 Å². The zero-order valence-electron chi connectivity index (χ0n) is 17.9. The van der Waals surface area contributed by atoms with Crippen molar-refractivity contribution in [3.8, 4) is 17.6 Å². The molecule has 2 aromatic rings. The third-order valence-corrected chi connectivity index (χ3v) is 4.45. The summed E-state index contributed by atoms with van der Waals surface area (Å²) in [6.45, 7) is -0.621. The average molecular weight is 508 g/mol. The number of nitrogens with one attached hydrogen (secondary N) is 1. The molecule has 0 atom stereocenters. The van der Waals surface area contributed by atoms with E-state index < -0.39 is 35.6 Å². The van der Waals surface area contributed by atoms with Gasteiger partial charge in [0.1, 0.15) is 5.75 Å². The Morgan fingerprint density at radius 2 is 2.06 bits per heavy atom. The smallest absolute Gasteiger partial charge is 0.437 e. The SMILES string of the molecule is CN=CC(C=N)=C(N)/C=C(/Cn1cnc(C(F)(F)F)c(Oc2cc(Cl)cc(C#N)c2)c1=O)C(N)=O. The lowest BCUT2D eigenvalue weighted by atomic mass is 10.1. The number of carbonyl (C=O) groups excluding carboxylic acids is 1. The molecule has 0 bridgehead atoms. The van der Waals surface area contributed by atoms with Crippen LogP contribution in [0.1, 0.15) is 11.3 Å². The van der Waals surface area contributed by atoms with E-state index in [1.807, 2.05) is 0 Å². The zero-order chi connectivity index (χ0) is 26.3. The van der Waals surface area contributed by atoms with E-state index in [1.54, 1.807) is 6.07 Å². The van der Waals surface area contributed by atoms with Crippen molar-refractivity contribution in [3.63, 3.8) is 0 Å². The van der Waals surface area contributed by atoms with Crippen LogP contribution in [0.2, 0.25) is 5.02 Å². The van der Waals surface area contributed by atoms with Gasteiger partial charge in [-0.3, -0.25) is 19.1 Å². The summed E-state index contributed by atoms with van der Waals surface area (Å²) in [4.78, 5) is 31.8. The van der Waals surface area contributed by atoms with Gasteiger partial charge in [0.05, 0.1) is 24.5 Å². The van der Waals surface area contributed by atoms with E-state index in [2.05, 4.69) is 9.98 Å². The van der Waals surface area contributed by atoms with Gasteiger partial charge in [0.2, 0.25) is 11.7 Å². The van der Waals surface area contributed by atoms with Gasteiger partial charge in [-0.05, 0) is 24.3 Å². The van der Waals surface area contributed by atoms with Gasteiger partial charge in [0.25, 0.3) is 5.56 Å². The Morgan fingerprint density at radius 1 is 1.37 bits per heavy atom. The summed E-state index contributed by atoms with van der Waals surface area (Å²) < 4.78 is 46.4. The number of nitriles is 1. The minimum atomic E-state index is -5.07. The average Bonchev–Trinajstić information content (AvgIpc) is 2.77. The number of primary amides is 1. The maximum absolute atomic E-state index is 13.5. The minimum Gasteiger partial charge on any atom is -0.449 e. The molecular formula is C21H17ClF3N7O3. The molecule has 1 aromatic carbocycles. The van der Waals surface area contributed by atoms with Crippen molar-refractivity contribution in [3.05, 3.63) is 74.1 Å². The summed E-state index contributed by atoms with van der Waals surface area (Å²) in [6.07, 6.45) is -1.35. The number of alkyl halides is 3. The monoisotopic (exact) mass is 507 g/mol. The summed E-state index contributed by atoms with van der Waals surface area (Å²) in [5.74, 6) is -2.56. The highest BCUT2D eigenvalue weighted by atomic mass is 35.5. The molecule has 14 heteroatoms. The summed E-state index contributed by atoms with van der Waals surface area (Å²) >= 11 is 5.86. The number of amides is 1. The molecule has 0 saturated heterocycles. The van der Waals surface area contributed by atoms with Gasteiger partial charge in [-0.25, -0.2) is 4.98 Å². The van der Waals surface area contributed by atoms with E-state index in [9.17, 15) is 22.8 Å². The highest BCUT2D eigenvalue weighted by Gasteiger charge is 2.39. The zero-order valence-corrected chi connectivity index (χ0v) is 18.7. The first-order valence-corrected chi connectivity index (χ1v) is 9.77. The number of nitrogens with two attached hydrogens (primary N) is 2. The minimum absolute atomic E-state index is 0.0179. The second-order valence-corrected chi connectivity index (χ2v) is 7.16. The van der Waals surface area contributed by atoms with Crippen LogP contribution in [0, 0.1) is 16.7 Å². The maximum atomic E-state index is 13.5. The van der Waals surface area contributed by atoms with Crippen molar-refractivity contribution >= 4 is 29.9 Å². The number of rotatable bonds is 8. The van der Waals surface area contributed by atoms with Crippen molar-refractivity contribution in [1.29, 1.82) is 10.7 Å². The summed E-state index contributed by atoms with van der Waals surface area (Å²) in [5.41, 5.74) is 7.94. The van der Waals surface area contributed by atoms with E-state index in [1.165, 1.54) is 19.3 Å². The van der Waals surface area contributed by atoms with Crippen LogP contribution in [0.15, 0.2) is 57.2 Å². The Bertz CT molecular complexity index is 1360. The largest absolute Gasteiger partial charge is 0.449 e. The fourth-order valence-corrected chi connectivity index (χ4v) is 2.89. The van der Waals surface area contributed by atoms with Crippen molar-refractivity contribution in [2.75, 3.05) is 7.05 Å². The Labute approximate surface area is 201 Å². The number of nitrogens with zero attached hydrogens (tertiary/aromatic N) is 4. The molecule has 1 aromatic heterocycles. The Morgan fingerprint density at radius 3 is 2.60 bits per heavy atom. The third-order valence-electron chi connectivity index (χ3n) is 4.23. The number of ether oxygens (including phenoxy) is 1. The van der Waals surface area contributed by atoms with Crippen LogP contribution in [-0.4, -0.2) is 34.9 Å². The second kappa shape index (κ2) is 11.1. The Balaban J connectivity index is 2.65. The first-order chi connectivity index (χ1) is 16.4. The van der Waals surface area contributed by atoms with Gasteiger partial charge in [-0.1, -0.05) is 11.6 Å². The normalized spacial score (nSPS) is 12.7. The van der Waals surface area contributed by atoms with Gasteiger partial charge in [0.15, 0.2) is 5.69 Å². The second-order valence-electron chi connectivity index (χ2n) is 6.72. The molecule has 10 nitrogen and oxygen atoms in total.